The maximum absolute atomic E-state index is 13.6. The molecule has 1 saturated carbocycles. The molecule has 2 aromatic heterocycles. The first kappa shape index (κ1) is 17.9. The largest absolute Gasteiger partial charge is 0.497 e. The smallest absolute Gasteiger partial charge is 0.233 e. The highest BCUT2D eigenvalue weighted by Gasteiger charge is 2.53. The molecule has 150 valence electrons. The van der Waals surface area contributed by atoms with Crippen molar-refractivity contribution in [2.24, 2.45) is 14.1 Å². The molecule has 3 heterocycles. The summed E-state index contributed by atoms with van der Waals surface area (Å²) in [4.78, 5) is 15.5. The Kier molecular flexibility index (Phi) is 3.97. The Hall–Kier alpha value is -3.16. The summed E-state index contributed by atoms with van der Waals surface area (Å²) in [5.41, 5.74) is 3.75. The molecule has 8 nitrogen and oxygen atoms in total. The van der Waals surface area contributed by atoms with E-state index in [4.69, 9.17) is 4.74 Å². The van der Waals surface area contributed by atoms with E-state index < -0.39 is 5.41 Å². The van der Waals surface area contributed by atoms with Crippen molar-refractivity contribution in [2.75, 3.05) is 13.7 Å². The van der Waals surface area contributed by atoms with Crippen LogP contribution in [0.4, 0.5) is 0 Å². The predicted molar refractivity (Wildman–Crippen MR) is 106 cm³/mol. The van der Waals surface area contributed by atoms with Gasteiger partial charge in [0.2, 0.25) is 5.91 Å². The fraction of sp³-hybridized carbons (Fsp3) is 0.429. The maximum Gasteiger partial charge on any atom is 0.233 e. The number of hydrogen-bond acceptors (Lipinski definition) is 5. The van der Waals surface area contributed by atoms with Crippen molar-refractivity contribution in [3.8, 4) is 17.3 Å². The molecule has 0 N–H and O–H groups in total. The summed E-state index contributed by atoms with van der Waals surface area (Å²) in [7, 11) is 5.52. The summed E-state index contributed by atoms with van der Waals surface area (Å²) in [5.74, 6) is 1.75. The molecule has 1 aliphatic carbocycles. The number of aromatic nitrogens is 5. The molecular weight excluding hydrogens is 368 g/mol. The quantitative estimate of drug-likeness (QED) is 0.677. The zero-order chi connectivity index (χ0) is 20.2. The van der Waals surface area contributed by atoms with Crippen molar-refractivity contribution >= 4 is 5.91 Å². The van der Waals surface area contributed by atoms with Gasteiger partial charge in [-0.05, 0) is 30.5 Å². The van der Waals surface area contributed by atoms with Crippen LogP contribution in [0.25, 0.3) is 11.5 Å². The molecule has 0 radical (unpaired) electrons. The molecule has 8 heteroatoms. The van der Waals surface area contributed by atoms with Crippen LogP contribution in [0, 0.1) is 0 Å². The molecular formula is C21H24N6O2. The Labute approximate surface area is 169 Å². The van der Waals surface area contributed by atoms with Gasteiger partial charge in [0.05, 0.1) is 12.5 Å². The van der Waals surface area contributed by atoms with Crippen LogP contribution in [-0.4, -0.2) is 49.0 Å². The van der Waals surface area contributed by atoms with E-state index in [2.05, 4.69) is 15.3 Å². The minimum atomic E-state index is -0.392. The van der Waals surface area contributed by atoms with Gasteiger partial charge < -0.3 is 14.2 Å². The average Bonchev–Trinajstić information content (AvgIpc) is 3.36. The zero-order valence-electron chi connectivity index (χ0n) is 16.9. The van der Waals surface area contributed by atoms with E-state index in [0.29, 0.717) is 13.1 Å². The summed E-state index contributed by atoms with van der Waals surface area (Å²) in [6.45, 7) is 1.27. The first-order valence-corrected chi connectivity index (χ1v) is 9.86. The van der Waals surface area contributed by atoms with Crippen molar-refractivity contribution in [3.63, 3.8) is 0 Å². The molecule has 1 amide bonds. The minimum absolute atomic E-state index is 0.209. The van der Waals surface area contributed by atoms with Crippen LogP contribution < -0.4 is 4.74 Å². The lowest BCUT2D eigenvalue weighted by molar-refractivity contribution is -0.134. The summed E-state index contributed by atoms with van der Waals surface area (Å²) in [6.07, 6.45) is 4.25. The number of aryl methyl sites for hydroxylation is 2. The molecule has 1 aliphatic heterocycles. The second kappa shape index (κ2) is 6.43. The Balaban J connectivity index is 1.45. The lowest BCUT2D eigenvalue weighted by atomic mass is 9.92. The van der Waals surface area contributed by atoms with E-state index in [0.717, 1.165) is 47.7 Å². The van der Waals surface area contributed by atoms with E-state index in [1.807, 2.05) is 52.5 Å². The van der Waals surface area contributed by atoms with Gasteiger partial charge in [0, 0.05) is 44.9 Å². The molecule has 0 unspecified atom stereocenters. The number of carbonyl (C=O) groups is 1. The molecule has 0 atom stereocenters. The Morgan fingerprint density at radius 2 is 1.93 bits per heavy atom. The van der Waals surface area contributed by atoms with E-state index in [-0.39, 0.29) is 5.91 Å². The van der Waals surface area contributed by atoms with Crippen molar-refractivity contribution < 1.29 is 9.53 Å². The number of fused-ring (bicyclic) bond motifs is 1. The normalized spacial score (nSPS) is 17.1. The highest BCUT2D eigenvalue weighted by Crippen LogP contribution is 2.50. The number of nitrogens with zero attached hydrogens (tertiary/aromatic N) is 6. The highest BCUT2D eigenvalue weighted by molar-refractivity contribution is 5.91. The first-order chi connectivity index (χ1) is 14.0. The van der Waals surface area contributed by atoms with Crippen molar-refractivity contribution in [1.82, 2.24) is 29.4 Å². The van der Waals surface area contributed by atoms with Gasteiger partial charge in [-0.15, -0.1) is 10.2 Å². The van der Waals surface area contributed by atoms with Crippen molar-refractivity contribution in [1.29, 1.82) is 0 Å². The summed E-state index contributed by atoms with van der Waals surface area (Å²) in [5, 5.41) is 12.9. The Morgan fingerprint density at radius 1 is 1.17 bits per heavy atom. The second-order valence-electron chi connectivity index (χ2n) is 7.95. The van der Waals surface area contributed by atoms with Gasteiger partial charge in [-0.2, -0.15) is 5.10 Å². The first-order valence-electron chi connectivity index (χ1n) is 9.86. The van der Waals surface area contributed by atoms with Crippen LogP contribution in [0.5, 0.6) is 5.75 Å². The second-order valence-corrected chi connectivity index (χ2v) is 7.95. The van der Waals surface area contributed by atoms with E-state index in [1.165, 1.54) is 5.69 Å². The number of carbonyl (C=O) groups excluding carboxylic acids is 1. The molecule has 0 bridgehead atoms. The third-order valence-corrected chi connectivity index (χ3v) is 6.25. The monoisotopic (exact) mass is 392 g/mol. The van der Waals surface area contributed by atoms with Gasteiger partial charge in [-0.25, -0.2) is 0 Å². The lowest BCUT2D eigenvalue weighted by Crippen LogP contribution is -2.42. The minimum Gasteiger partial charge on any atom is -0.497 e. The summed E-state index contributed by atoms with van der Waals surface area (Å²) < 4.78 is 9.04. The molecule has 0 spiro atoms. The third-order valence-electron chi connectivity index (χ3n) is 6.25. The topological polar surface area (TPSA) is 78.1 Å². The molecule has 1 fully saturated rings. The van der Waals surface area contributed by atoms with E-state index >= 15 is 0 Å². The molecule has 29 heavy (non-hydrogen) atoms. The Bertz CT molecular complexity index is 1080. The fourth-order valence-corrected chi connectivity index (χ4v) is 4.41. The van der Waals surface area contributed by atoms with Gasteiger partial charge in [-0.3, -0.25) is 9.48 Å². The third kappa shape index (κ3) is 2.73. The number of methoxy groups -OCH3 is 1. The fourth-order valence-electron chi connectivity index (χ4n) is 4.41. The Morgan fingerprint density at radius 3 is 2.55 bits per heavy atom. The number of rotatable bonds is 4. The van der Waals surface area contributed by atoms with Gasteiger partial charge >= 0.3 is 0 Å². The highest BCUT2D eigenvalue weighted by atomic mass is 16.5. The number of benzene rings is 1. The molecule has 2 aliphatic rings. The zero-order valence-corrected chi connectivity index (χ0v) is 16.9. The lowest BCUT2D eigenvalue weighted by Gasteiger charge is -2.31. The van der Waals surface area contributed by atoms with Crippen LogP contribution in [0.2, 0.25) is 0 Å². The summed E-state index contributed by atoms with van der Waals surface area (Å²) >= 11 is 0. The van der Waals surface area contributed by atoms with Gasteiger partial charge in [0.1, 0.15) is 17.8 Å². The van der Waals surface area contributed by atoms with Crippen molar-refractivity contribution in [3.05, 3.63) is 47.4 Å². The van der Waals surface area contributed by atoms with Crippen LogP contribution in [0.3, 0.4) is 0 Å². The SMILES string of the molecule is COc1ccc(C2(C(=O)N3CCc4c(c(-c5nncn5C)nn4C)C3)CC2)cc1. The average molecular weight is 392 g/mol. The molecule has 0 saturated heterocycles. The standard InChI is InChI=1S/C21H24N6O2/c1-25-13-22-23-19(25)18-16-12-27(11-8-17(16)26(2)24-18)20(28)21(9-10-21)14-4-6-15(29-3)7-5-14/h4-7,13H,8-12H2,1-3H3. The van der Waals surface area contributed by atoms with Crippen LogP contribution in [0.1, 0.15) is 29.7 Å². The van der Waals surface area contributed by atoms with E-state index in [1.54, 1.807) is 13.4 Å². The number of ether oxygens (including phenoxy) is 1. The maximum atomic E-state index is 13.6. The van der Waals surface area contributed by atoms with Gasteiger partial charge in [0.15, 0.2) is 5.82 Å². The van der Waals surface area contributed by atoms with Gasteiger partial charge in [0.25, 0.3) is 0 Å². The predicted octanol–water partition coefficient (Wildman–Crippen LogP) is 1.84. The van der Waals surface area contributed by atoms with E-state index in [9.17, 15) is 4.79 Å². The molecule has 3 aromatic rings. The summed E-state index contributed by atoms with van der Waals surface area (Å²) in [6, 6.07) is 7.91. The van der Waals surface area contributed by atoms with Gasteiger partial charge in [-0.1, -0.05) is 12.1 Å². The molecule has 1 aromatic carbocycles. The van der Waals surface area contributed by atoms with Crippen molar-refractivity contribution in [2.45, 2.75) is 31.2 Å². The number of hydrogen-bond donors (Lipinski definition) is 0. The van der Waals surface area contributed by atoms with Crippen LogP contribution >= 0.6 is 0 Å². The molecule has 5 rings (SSSR count). The van der Waals surface area contributed by atoms with Crippen LogP contribution in [-0.2, 0) is 37.3 Å². The number of amides is 1. The van der Waals surface area contributed by atoms with Crippen LogP contribution in [0.15, 0.2) is 30.6 Å².